The van der Waals surface area contributed by atoms with Crippen molar-refractivity contribution in [2.75, 3.05) is 14.2 Å². The van der Waals surface area contributed by atoms with Crippen molar-refractivity contribution < 1.29 is 14.6 Å². The Morgan fingerprint density at radius 2 is 1.41 bits per heavy atom. The van der Waals surface area contributed by atoms with Crippen molar-refractivity contribution in [2.24, 2.45) is 4.99 Å². The van der Waals surface area contributed by atoms with Crippen LogP contribution in [0.2, 0.25) is 10.0 Å². The number of phenolic OH excluding ortho intramolecular Hbond substituents is 1. The van der Waals surface area contributed by atoms with Crippen LogP contribution in [0.1, 0.15) is 11.1 Å². The molecule has 0 spiro atoms. The molecular weight excluding hydrogens is 527 g/mol. The van der Waals surface area contributed by atoms with Gasteiger partial charge in [-0.1, -0.05) is 65.3 Å². The lowest BCUT2D eigenvalue weighted by Crippen LogP contribution is -2.28. The molecule has 4 rings (SSSR count). The molecule has 0 bridgehead atoms. The number of aromatic hydroxyl groups is 1. The topological polar surface area (TPSA) is 54.3 Å². The predicted octanol–water partition coefficient (Wildman–Crippen LogP) is 8.20. The van der Waals surface area contributed by atoms with E-state index in [-0.39, 0.29) is 5.75 Å². The fraction of sp³-hybridized carbons (Fsp3) is 0.138. The van der Waals surface area contributed by atoms with Gasteiger partial charge < -0.3 is 19.5 Å². The van der Waals surface area contributed by atoms with Gasteiger partial charge in [-0.15, -0.1) is 0 Å². The molecule has 1 N–H and O–H groups in total. The second-order valence-corrected chi connectivity index (χ2v) is 10.1. The smallest absolute Gasteiger partial charge is 0.169 e. The number of methoxy groups -OCH3 is 2. The van der Waals surface area contributed by atoms with Crippen molar-refractivity contribution in [3.8, 4) is 17.2 Å². The Balaban J connectivity index is 1.79. The van der Waals surface area contributed by atoms with Gasteiger partial charge in [-0.05, 0) is 71.8 Å². The summed E-state index contributed by atoms with van der Waals surface area (Å²) >= 11 is 14.1. The number of benzene rings is 4. The lowest BCUT2D eigenvalue weighted by atomic mass is 10.1. The molecule has 0 saturated carbocycles. The average molecular weight is 554 g/mol. The SMILES string of the molecule is COc1cccc(CN(Cc2ccc(O)cc2)C(=Nc2cc(Cl)cc(Cl)c2)Sc2cccc(OC)c2)c1. The quantitative estimate of drug-likeness (QED) is 0.135. The number of halogens is 2. The van der Waals surface area contributed by atoms with E-state index in [4.69, 9.17) is 37.7 Å². The first-order chi connectivity index (χ1) is 17.9. The first-order valence-corrected chi connectivity index (χ1v) is 13.0. The molecule has 190 valence electrons. The largest absolute Gasteiger partial charge is 0.508 e. The summed E-state index contributed by atoms with van der Waals surface area (Å²) in [7, 11) is 3.30. The van der Waals surface area contributed by atoms with Crippen LogP contribution >= 0.6 is 35.0 Å². The van der Waals surface area contributed by atoms with Gasteiger partial charge in [0.05, 0.1) is 19.9 Å². The Morgan fingerprint density at radius 3 is 2.08 bits per heavy atom. The van der Waals surface area contributed by atoms with E-state index < -0.39 is 0 Å². The van der Waals surface area contributed by atoms with E-state index in [1.165, 1.54) is 11.8 Å². The normalized spacial score (nSPS) is 11.3. The highest BCUT2D eigenvalue weighted by molar-refractivity contribution is 8.13. The van der Waals surface area contributed by atoms with Crippen LogP contribution in [-0.2, 0) is 13.1 Å². The summed E-state index contributed by atoms with van der Waals surface area (Å²) in [4.78, 5) is 8.13. The number of amidine groups is 1. The molecule has 0 fully saturated rings. The van der Waals surface area contributed by atoms with Crippen molar-refractivity contribution in [1.29, 1.82) is 0 Å². The van der Waals surface area contributed by atoms with Gasteiger partial charge in [0.1, 0.15) is 17.2 Å². The Bertz CT molecular complexity index is 1360. The van der Waals surface area contributed by atoms with Crippen LogP contribution in [0.25, 0.3) is 0 Å². The summed E-state index contributed by atoms with van der Waals surface area (Å²) < 4.78 is 10.9. The molecule has 0 radical (unpaired) electrons. The third-order valence-corrected chi connectivity index (χ3v) is 6.87. The van der Waals surface area contributed by atoms with Gasteiger partial charge in [0.2, 0.25) is 0 Å². The van der Waals surface area contributed by atoms with Crippen LogP contribution < -0.4 is 9.47 Å². The van der Waals surface area contributed by atoms with E-state index in [0.717, 1.165) is 32.7 Å². The molecule has 8 heteroatoms. The van der Waals surface area contributed by atoms with Crippen LogP contribution in [0.15, 0.2) is 101 Å². The predicted molar refractivity (Wildman–Crippen MR) is 153 cm³/mol. The van der Waals surface area contributed by atoms with E-state index >= 15 is 0 Å². The summed E-state index contributed by atoms with van der Waals surface area (Å²) in [6.45, 7) is 1.10. The number of rotatable bonds is 8. The van der Waals surface area contributed by atoms with E-state index in [1.54, 1.807) is 44.6 Å². The van der Waals surface area contributed by atoms with Crippen molar-refractivity contribution in [2.45, 2.75) is 18.0 Å². The molecule has 0 unspecified atom stereocenters. The number of hydrogen-bond acceptors (Lipinski definition) is 5. The van der Waals surface area contributed by atoms with Gasteiger partial charge in [0.25, 0.3) is 0 Å². The first kappa shape index (κ1) is 26.7. The lowest BCUT2D eigenvalue weighted by molar-refractivity contribution is 0.402. The number of ether oxygens (including phenoxy) is 2. The van der Waals surface area contributed by atoms with Gasteiger partial charge >= 0.3 is 0 Å². The summed E-state index contributed by atoms with van der Waals surface area (Å²) in [5.74, 6) is 1.76. The third-order valence-electron chi connectivity index (χ3n) is 5.41. The molecule has 0 heterocycles. The maximum absolute atomic E-state index is 9.79. The lowest BCUT2D eigenvalue weighted by Gasteiger charge is -2.26. The third kappa shape index (κ3) is 7.83. The van der Waals surface area contributed by atoms with Gasteiger partial charge in [-0.25, -0.2) is 4.99 Å². The fourth-order valence-electron chi connectivity index (χ4n) is 3.65. The van der Waals surface area contributed by atoms with Gasteiger partial charge in [-0.2, -0.15) is 0 Å². The fourth-order valence-corrected chi connectivity index (χ4v) is 5.10. The van der Waals surface area contributed by atoms with Crippen LogP contribution in [0.5, 0.6) is 17.2 Å². The first-order valence-electron chi connectivity index (χ1n) is 11.4. The Morgan fingerprint density at radius 1 is 0.784 bits per heavy atom. The minimum atomic E-state index is 0.219. The maximum Gasteiger partial charge on any atom is 0.169 e. The van der Waals surface area contributed by atoms with Crippen molar-refractivity contribution >= 4 is 45.8 Å². The molecule has 0 aliphatic rings. The highest BCUT2D eigenvalue weighted by Gasteiger charge is 2.17. The zero-order chi connectivity index (χ0) is 26.2. The summed E-state index contributed by atoms with van der Waals surface area (Å²) in [5.41, 5.74) is 2.72. The standard InChI is InChI=1S/C29H26Cl2N2O3S/c1-35-26-6-3-5-21(13-26)19-33(18-20-9-11-25(34)12-10-20)29(32-24-15-22(30)14-23(31)16-24)37-28-8-4-7-27(17-28)36-2/h3-17,34H,18-19H2,1-2H3. The van der Waals surface area contributed by atoms with Crippen LogP contribution in [0.4, 0.5) is 5.69 Å². The molecule has 0 saturated heterocycles. The molecule has 0 amide bonds. The summed E-state index contributed by atoms with van der Waals surface area (Å²) in [6, 6.07) is 28.2. The number of aliphatic imine (C=N–C) groups is 1. The maximum atomic E-state index is 9.79. The number of thioether (sulfide) groups is 1. The molecule has 37 heavy (non-hydrogen) atoms. The van der Waals surface area contributed by atoms with E-state index in [9.17, 15) is 5.11 Å². The Kier molecular flexibility index (Phi) is 9.23. The summed E-state index contributed by atoms with van der Waals surface area (Å²) in [6.07, 6.45) is 0. The molecule has 0 aromatic heterocycles. The minimum Gasteiger partial charge on any atom is -0.508 e. The molecule has 5 nitrogen and oxygen atoms in total. The van der Waals surface area contributed by atoms with Crippen LogP contribution in [-0.4, -0.2) is 29.4 Å². The second kappa shape index (κ2) is 12.8. The molecule has 0 atom stereocenters. The number of hydrogen-bond donors (Lipinski definition) is 1. The average Bonchev–Trinajstić information content (AvgIpc) is 2.89. The van der Waals surface area contributed by atoms with Gasteiger partial charge in [0, 0.05) is 28.0 Å². The van der Waals surface area contributed by atoms with E-state index in [2.05, 4.69) is 11.0 Å². The summed E-state index contributed by atoms with van der Waals surface area (Å²) in [5, 5.41) is 11.5. The molecule has 4 aromatic carbocycles. The van der Waals surface area contributed by atoms with Crippen LogP contribution in [0, 0.1) is 0 Å². The minimum absolute atomic E-state index is 0.219. The monoisotopic (exact) mass is 552 g/mol. The molecule has 0 aliphatic heterocycles. The van der Waals surface area contributed by atoms with Crippen molar-refractivity contribution in [3.05, 3.63) is 112 Å². The number of nitrogens with zero attached hydrogens (tertiary/aromatic N) is 2. The molecule has 4 aromatic rings. The zero-order valence-corrected chi connectivity index (χ0v) is 22.7. The highest BCUT2D eigenvalue weighted by atomic mass is 35.5. The van der Waals surface area contributed by atoms with Crippen molar-refractivity contribution in [3.63, 3.8) is 0 Å². The molecular formula is C29H26Cl2N2O3S. The van der Waals surface area contributed by atoms with E-state index in [0.29, 0.717) is 28.8 Å². The Hall–Kier alpha value is -3.32. The van der Waals surface area contributed by atoms with Crippen LogP contribution in [0.3, 0.4) is 0 Å². The van der Waals surface area contributed by atoms with Crippen molar-refractivity contribution in [1.82, 2.24) is 4.90 Å². The zero-order valence-electron chi connectivity index (χ0n) is 20.4. The van der Waals surface area contributed by atoms with Gasteiger partial charge in [-0.3, -0.25) is 0 Å². The second-order valence-electron chi connectivity index (χ2n) is 8.18. The number of phenols is 1. The Labute approximate surface area is 231 Å². The van der Waals surface area contributed by atoms with E-state index in [1.807, 2.05) is 54.6 Å². The van der Waals surface area contributed by atoms with Gasteiger partial charge in [0.15, 0.2) is 5.17 Å². The molecule has 0 aliphatic carbocycles. The highest BCUT2D eigenvalue weighted by Crippen LogP contribution is 2.32.